The zero-order chi connectivity index (χ0) is 11.6. The van der Waals surface area contributed by atoms with Gasteiger partial charge in [-0.3, -0.25) is 0 Å². The van der Waals surface area contributed by atoms with Crippen molar-refractivity contribution in [2.45, 2.75) is 11.8 Å². The van der Waals surface area contributed by atoms with Gasteiger partial charge in [-0.15, -0.1) is 0 Å². The number of nitrogens with two attached hydrogens (primary N) is 1. The highest BCUT2D eigenvalue weighted by atomic mass is 32.2. The molecule has 0 bridgehead atoms. The molecule has 5 heteroatoms. The Bertz CT molecular complexity index is 491. The molecule has 0 saturated heterocycles. The van der Waals surface area contributed by atoms with Crippen molar-refractivity contribution in [2.75, 3.05) is 7.11 Å². The molecule has 0 saturated carbocycles. The average Bonchev–Trinajstić information content (AvgIpc) is 2.15. The number of allylic oxidation sites excluding steroid dienone is 1. The molecule has 0 aliphatic rings. The molecule has 1 rings (SSSR count). The minimum atomic E-state index is -3.77. The Kier molecular flexibility index (Phi) is 3.16. The summed E-state index contributed by atoms with van der Waals surface area (Å²) in [4.78, 5) is -0.0227. The Hall–Kier alpha value is -1.33. The molecule has 0 fully saturated rings. The Morgan fingerprint density at radius 2 is 2.07 bits per heavy atom. The lowest BCUT2D eigenvalue weighted by molar-refractivity contribution is 0.402. The van der Waals surface area contributed by atoms with E-state index in [9.17, 15) is 8.42 Å². The van der Waals surface area contributed by atoms with E-state index >= 15 is 0 Å². The normalized spacial score (nSPS) is 11.1. The van der Waals surface area contributed by atoms with Crippen LogP contribution in [0.5, 0.6) is 5.75 Å². The number of hydrogen-bond donors (Lipinski definition) is 1. The van der Waals surface area contributed by atoms with Crippen molar-refractivity contribution < 1.29 is 13.2 Å². The number of sulfonamides is 1. The summed E-state index contributed by atoms with van der Waals surface area (Å²) in [5, 5.41) is 5.06. The summed E-state index contributed by atoms with van der Waals surface area (Å²) in [6, 6.07) is 4.75. The lowest BCUT2D eigenvalue weighted by Gasteiger charge is -2.08. The standard InChI is InChI=1S/C10H13NO3S/c1-7(2)8-4-5-9(14-3)10(6-8)15(11,12)13/h4-6H,1H2,2-3H3,(H2,11,12,13). The van der Waals surface area contributed by atoms with Crippen molar-refractivity contribution in [1.82, 2.24) is 0 Å². The minimum absolute atomic E-state index is 0.0227. The van der Waals surface area contributed by atoms with E-state index in [4.69, 9.17) is 9.88 Å². The summed E-state index contributed by atoms with van der Waals surface area (Å²) in [5.74, 6) is 0.238. The van der Waals surface area contributed by atoms with Crippen LogP contribution in [0.1, 0.15) is 12.5 Å². The lowest BCUT2D eigenvalue weighted by Crippen LogP contribution is -2.13. The Labute approximate surface area is 89.4 Å². The molecule has 0 heterocycles. The van der Waals surface area contributed by atoms with Gasteiger partial charge in [-0.25, -0.2) is 13.6 Å². The van der Waals surface area contributed by atoms with E-state index in [0.717, 1.165) is 11.1 Å². The van der Waals surface area contributed by atoms with Crippen LogP contribution in [-0.4, -0.2) is 15.5 Å². The van der Waals surface area contributed by atoms with Gasteiger partial charge in [0.05, 0.1) is 7.11 Å². The number of ether oxygens (including phenoxy) is 1. The fraction of sp³-hybridized carbons (Fsp3) is 0.200. The van der Waals surface area contributed by atoms with Crippen LogP contribution in [0.2, 0.25) is 0 Å². The highest BCUT2D eigenvalue weighted by molar-refractivity contribution is 7.89. The summed E-state index contributed by atoms with van der Waals surface area (Å²) in [6.07, 6.45) is 0. The molecular formula is C10H13NO3S. The number of primary sulfonamides is 1. The van der Waals surface area contributed by atoms with E-state index in [0.29, 0.717) is 0 Å². The van der Waals surface area contributed by atoms with E-state index in [2.05, 4.69) is 6.58 Å². The first kappa shape index (κ1) is 11.7. The molecule has 0 aliphatic carbocycles. The first-order chi connectivity index (χ1) is 6.86. The molecule has 0 amide bonds. The van der Waals surface area contributed by atoms with Crippen LogP contribution in [-0.2, 0) is 10.0 Å². The van der Waals surface area contributed by atoms with Crippen LogP contribution in [0, 0.1) is 0 Å². The van der Waals surface area contributed by atoms with E-state index in [1.54, 1.807) is 19.1 Å². The van der Waals surface area contributed by atoms with Gasteiger partial charge in [-0.2, -0.15) is 0 Å². The summed E-state index contributed by atoms with van der Waals surface area (Å²) >= 11 is 0. The Balaban J connectivity index is 3.46. The van der Waals surface area contributed by atoms with Crippen molar-refractivity contribution in [2.24, 2.45) is 5.14 Å². The smallest absolute Gasteiger partial charge is 0.241 e. The van der Waals surface area contributed by atoms with Crippen LogP contribution in [0.15, 0.2) is 29.7 Å². The SMILES string of the molecule is C=C(C)c1ccc(OC)c(S(N)(=O)=O)c1. The first-order valence-electron chi connectivity index (χ1n) is 4.23. The third-order valence-electron chi connectivity index (χ3n) is 1.96. The second kappa shape index (κ2) is 4.04. The fourth-order valence-corrected chi connectivity index (χ4v) is 1.89. The van der Waals surface area contributed by atoms with Crippen molar-refractivity contribution in [3.63, 3.8) is 0 Å². The van der Waals surface area contributed by atoms with Gasteiger partial charge in [-0.1, -0.05) is 18.2 Å². The van der Waals surface area contributed by atoms with Crippen molar-refractivity contribution in [3.05, 3.63) is 30.3 Å². The quantitative estimate of drug-likeness (QED) is 0.848. The van der Waals surface area contributed by atoms with Gasteiger partial charge in [0, 0.05) is 0 Å². The second-order valence-electron chi connectivity index (χ2n) is 3.19. The molecule has 0 aliphatic heterocycles. The maximum atomic E-state index is 11.3. The van der Waals surface area contributed by atoms with Gasteiger partial charge >= 0.3 is 0 Å². The highest BCUT2D eigenvalue weighted by Crippen LogP contribution is 2.26. The maximum absolute atomic E-state index is 11.3. The molecule has 0 radical (unpaired) electrons. The van der Waals surface area contributed by atoms with Crippen LogP contribution >= 0.6 is 0 Å². The van der Waals surface area contributed by atoms with Gasteiger partial charge in [-0.05, 0) is 24.6 Å². The predicted octanol–water partition coefficient (Wildman–Crippen LogP) is 1.38. The molecule has 2 N–H and O–H groups in total. The summed E-state index contributed by atoms with van der Waals surface area (Å²) in [7, 11) is -2.37. The largest absolute Gasteiger partial charge is 0.495 e. The maximum Gasteiger partial charge on any atom is 0.241 e. The number of hydrogen-bond acceptors (Lipinski definition) is 3. The average molecular weight is 227 g/mol. The molecule has 1 aromatic rings. The molecular weight excluding hydrogens is 214 g/mol. The molecule has 82 valence electrons. The fourth-order valence-electron chi connectivity index (χ4n) is 1.16. The second-order valence-corrected chi connectivity index (χ2v) is 4.72. The van der Waals surface area contributed by atoms with E-state index in [1.807, 2.05) is 0 Å². The van der Waals surface area contributed by atoms with E-state index in [1.165, 1.54) is 13.2 Å². The molecule has 0 unspecified atom stereocenters. The lowest BCUT2D eigenvalue weighted by atomic mass is 10.1. The Morgan fingerprint density at radius 3 is 2.47 bits per heavy atom. The van der Waals surface area contributed by atoms with Crippen molar-refractivity contribution in [1.29, 1.82) is 0 Å². The third-order valence-corrected chi connectivity index (χ3v) is 2.90. The number of benzene rings is 1. The predicted molar refractivity (Wildman–Crippen MR) is 59.1 cm³/mol. The molecule has 1 aromatic carbocycles. The molecule has 0 aromatic heterocycles. The van der Waals surface area contributed by atoms with E-state index < -0.39 is 10.0 Å². The zero-order valence-corrected chi connectivity index (χ0v) is 9.47. The molecule has 0 spiro atoms. The van der Waals surface area contributed by atoms with Gasteiger partial charge in [0.2, 0.25) is 10.0 Å². The van der Waals surface area contributed by atoms with Crippen molar-refractivity contribution >= 4 is 15.6 Å². The highest BCUT2D eigenvalue weighted by Gasteiger charge is 2.15. The van der Waals surface area contributed by atoms with Crippen molar-refractivity contribution in [3.8, 4) is 5.75 Å². The number of rotatable bonds is 3. The van der Waals surface area contributed by atoms with Crippen LogP contribution in [0.3, 0.4) is 0 Å². The van der Waals surface area contributed by atoms with Crippen LogP contribution in [0.25, 0.3) is 5.57 Å². The monoisotopic (exact) mass is 227 g/mol. The molecule has 0 atom stereocenters. The first-order valence-corrected chi connectivity index (χ1v) is 5.77. The van der Waals surface area contributed by atoms with Gasteiger partial charge < -0.3 is 4.74 Å². The minimum Gasteiger partial charge on any atom is -0.495 e. The summed E-state index contributed by atoms with van der Waals surface area (Å²) in [5.41, 5.74) is 1.49. The van der Waals surface area contributed by atoms with Crippen LogP contribution in [0.4, 0.5) is 0 Å². The topological polar surface area (TPSA) is 69.4 Å². The third kappa shape index (κ3) is 2.57. The summed E-state index contributed by atoms with van der Waals surface area (Å²) in [6.45, 7) is 5.51. The van der Waals surface area contributed by atoms with E-state index in [-0.39, 0.29) is 10.6 Å². The Morgan fingerprint density at radius 1 is 1.47 bits per heavy atom. The van der Waals surface area contributed by atoms with Gasteiger partial charge in [0.15, 0.2) is 0 Å². The summed E-state index contributed by atoms with van der Waals surface area (Å²) < 4.78 is 27.4. The van der Waals surface area contributed by atoms with Gasteiger partial charge in [0.25, 0.3) is 0 Å². The molecule has 4 nitrogen and oxygen atoms in total. The molecule has 15 heavy (non-hydrogen) atoms. The number of methoxy groups -OCH3 is 1. The van der Waals surface area contributed by atoms with Crippen LogP contribution < -0.4 is 9.88 Å². The zero-order valence-electron chi connectivity index (χ0n) is 8.65. The van der Waals surface area contributed by atoms with Gasteiger partial charge in [0.1, 0.15) is 10.6 Å².